The first-order valence-corrected chi connectivity index (χ1v) is 7.42. The zero-order chi connectivity index (χ0) is 11.8. The predicted molar refractivity (Wildman–Crippen MR) is 63.1 cm³/mol. The van der Waals surface area contributed by atoms with Crippen molar-refractivity contribution >= 4 is 10.2 Å². The summed E-state index contributed by atoms with van der Waals surface area (Å²) < 4.78 is 27.3. The Kier molecular flexibility index (Phi) is 3.27. The van der Waals surface area contributed by atoms with Gasteiger partial charge in [0, 0.05) is 31.7 Å². The lowest BCUT2D eigenvalue weighted by molar-refractivity contribution is 0.138. The van der Waals surface area contributed by atoms with Gasteiger partial charge in [-0.05, 0) is 19.3 Å². The van der Waals surface area contributed by atoms with Crippen LogP contribution in [0, 0.1) is 0 Å². The first kappa shape index (κ1) is 12.3. The average molecular weight is 247 g/mol. The molecular formula is C10H21N3O2S. The van der Waals surface area contributed by atoms with Crippen LogP contribution < -0.4 is 5.73 Å². The van der Waals surface area contributed by atoms with E-state index >= 15 is 0 Å². The van der Waals surface area contributed by atoms with Crippen molar-refractivity contribution in [2.45, 2.75) is 38.1 Å². The summed E-state index contributed by atoms with van der Waals surface area (Å²) in [6, 6.07) is 0. The van der Waals surface area contributed by atoms with Crippen LogP contribution in [0.2, 0.25) is 0 Å². The Bertz CT molecular complexity index is 343. The highest BCUT2D eigenvalue weighted by molar-refractivity contribution is 7.86. The molecule has 0 aliphatic carbocycles. The molecular weight excluding hydrogens is 226 g/mol. The predicted octanol–water partition coefficient (Wildman–Crippen LogP) is 0.140. The molecule has 0 aromatic rings. The van der Waals surface area contributed by atoms with Gasteiger partial charge in [0.25, 0.3) is 10.2 Å². The van der Waals surface area contributed by atoms with E-state index in [4.69, 9.17) is 5.73 Å². The molecule has 2 rings (SSSR count). The molecule has 0 atom stereocenters. The molecule has 5 nitrogen and oxygen atoms in total. The third-order valence-electron chi connectivity index (χ3n) is 3.45. The van der Waals surface area contributed by atoms with Gasteiger partial charge in [-0.15, -0.1) is 0 Å². The maximum atomic E-state index is 12.1. The zero-order valence-corrected chi connectivity index (χ0v) is 10.7. The summed E-state index contributed by atoms with van der Waals surface area (Å²) in [4.78, 5) is 0. The van der Waals surface area contributed by atoms with Crippen molar-refractivity contribution in [3.63, 3.8) is 0 Å². The van der Waals surface area contributed by atoms with E-state index in [-0.39, 0.29) is 5.54 Å². The molecule has 2 N–H and O–H groups in total. The zero-order valence-electron chi connectivity index (χ0n) is 9.85. The topological polar surface area (TPSA) is 66.6 Å². The average Bonchev–Trinajstić information content (AvgIpc) is 2.67. The van der Waals surface area contributed by atoms with Crippen molar-refractivity contribution < 1.29 is 8.42 Å². The Morgan fingerprint density at radius 1 is 1.19 bits per heavy atom. The van der Waals surface area contributed by atoms with Crippen LogP contribution in [-0.4, -0.2) is 48.7 Å². The molecule has 2 aliphatic rings. The molecule has 0 aromatic carbocycles. The Hall–Kier alpha value is -0.170. The fourth-order valence-corrected chi connectivity index (χ4v) is 4.44. The Balaban J connectivity index is 1.95. The minimum Gasteiger partial charge on any atom is -0.323 e. The van der Waals surface area contributed by atoms with Gasteiger partial charge >= 0.3 is 0 Å². The summed E-state index contributed by atoms with van der Waals surface area (Å²) in [5, 5.41) is 0. The van der Waals surface area contributed by atoms with Gasteiger partial charge in [0.2, 0.25) is 0 Å². The lowest BCUT2D eigenvalue weighted by Gasteiger charge is -2.47. The van der Waals surface area contributed by atoms with Crippen molar-refractivity contribution in [2.75, 3.05) is 26.2 Å². The van der Waals surface area contributed by atoms with E-state index in [0.717, 1.165) is 25.7 Å². The normalized spacial score (nSPS) is 26.9. The molecule has 2 heterocycles. The Labute approximate surface area is 97.8 Å². The first-order valence-electron chi connectivity index (χ1n) is 6.02. The highest BCUT2D eigenvalue weighted by Crippen LogP contribution is 2.28. The highest BCUT2D eigenvalue weighted by atomic mass is 32.2. The molecule has 0 amide bonds. The van der Waals surface area contributed by atoms with E-state index in [1.165, 1.54) is 4.31 Å². The molecule has 0 unspecified atom stereocenters. The molecule has 2 saturated heterocycles. The number of nitrogens with two attached hydrogens (primary N) is 1. The van der Waals surface area contributed by atoms with Crippen LogP contribution in [0.15, 0.2) is 0 Å². The van der Waals surface area contributed by atoms with Gasteiger partial charge in [-0.2, -0.15) is 17.0 Å². The minimum absolute atomic E-state index is 0.276. The van der Waals surface area contributed by atoms with Gasteiger partial charge < -0.3 is 5.73 Å². The van der Waals surface area contributed by atoms with Gasteiger partial charge in [0.1, 0.15) is 0 Å². The second-order valence-corrected chi connectivity index (χ2v) is 6.92. The van der Waals surface area contributed by atoms with Gasteiger partial charge in [0.05, 0.1) is 0 Å². The number of nitrogens with zero attached hydrogens (tertiary/aromatic N) is 2. The molecule has 2 fully saturated rings. The number of hydrogen-bond acceptors (Lipinski definition) is 3. The van der Waals surface area contributed by atoms with E-state index in [1.54, 1.807) is 4.31 Å². The fourth-order valence-electron chi connectivity index (χ4n) is 2.56. The van der Waals surface area contributed by atoms with Gasteiger partial charge in [-0.25, -0.2) is 0 Å². The summed E-state index contributed by atoms with van der Waals surface area (Å²) in [6.45, 7) is 4.39. The van der Waals surface area contributed by atoms with E-state index in [0.29, 0.717) is 26.2 Å². The van der Waals surface area contributed by atoms with E-state index in [2.05, 4.69) is 6.92 Å². The van der Waals surface area contributed by atoms with Crippen LogP contribution in [0.3, 0.4) is 0 Å². The number of rotatable bonds is 4. The SMILES string of the molecule is CCCC1(N)CN(S(=O)(=O)N2CCCC2)C1. The minimum atomic E-state index is -3.20. The maximum Gasteiger partial charge on any atom is 0.282 e. The van der Waals surface area contributed by atoms with Crippen LogP contribution in [0.5, 0.6) is 0 Å². The van der Waals surface area contributed by atoms with Gasteiger partial charge in [-0.1, -0.05) is 13.3 Å². The summed E-state index contributed by atoms with van der Waals surface area (Å²) in [5.74, 6) is 0. The number of hydrogen-bond donors (Lipinski definition) is 1. The van der Waals surface area contributed by atoms with Crippen molar-refractivity contribution in [1.82, 2.24) is 8.61 Å². The quantitative estimate of drug-likeness (QED) is 0.768. The van der Waals surface area contributed by atoms with E-state index in [1.807, 2.05) is 0 Å². The van der Waals surface area contributed by atoms with Gasteiger partial charge in [-0.3, -0.25) is 0 Å². The molecule has 0 spiro atoms. The van der Waals surface area contributed by atoms with Crippen molar-refractivity contribution in [3.05, 3.63) is 0 Å². The summed E-state index contributed by atoms with van der Waals surface area (Å²) in [5.41, 5.74) is 5.80. The van der Waals surface area contributed by atoms with Crippen LogP contribution in [0.25, 0.3) is 0 Å². The summed E-state index contributed by atoms with van der Waals surface area (Å²) >= 11 is 0. The molecule has 0 saturated carbocycles. The fraction of sp³-hybridized carbons (Fsp3) is 1.00. The molecule has 94 valence electrons. The smallest absolute Gasteiger partial charge is 0.282 e. The first-order chi connectivity index (χ1) is 7.48. The summed E-state index contributed by atoms with van der Waals surface area (Å²) in [6.07, 6.45) is 3.87. The van der Waals surface area contributed by atoms with E-state index in [9.17, 15) is 8.42 Å². The third kappa shape index (κ3) is 2.11. The highest BCUT2D eigenvalue weighted by Gasteiger charge is 2.46. The maximum absolute atomic E-state index is 12.1. The van der Waals surface area contributed by atoms with Crippen LogP contribution in [-0.2, 0) is 10.2 Å². The molecule has 0 radical (unpaired) electrons. The van der Waals surface area contributed by atoms with Gasteiger partial charge in [0.15, 0.2) is 0 Å². The Morgan fingerprint density at radius 3 is 2.25 bits per heavy atom. The van der Waals surface area contributed by atoms with Crippen molar-refractivity contribution in [1.29, 1.82) is 0 Å². The van der Waals surface area contributed by atoms with Crippen LogP contribution in [0.1, 0.15) is 32.6 Å². The third-order valence-corrected chi connectivity index (χ3v) is 5.38. The second kappa shape index (κ2) is 4.25. The van der Waals surface area contributed by atoms with E-state index < -0.39 is 10.2 Å². The van der Waals surface area contributed by atoms with Crippen molar-refractivity contribution in [2.24, 2.45) is 5.73 Å². The molecule has 0 bridgehead atoms. The second-order valence-electron chi connectivity index (χ2n) is 4.99. The molecule has 0 aromatic heterocycles. The lowest BCUT2D eigenvalue weighted by Crippen LogP contribution is -2.69. The molecule has 6 heteroatoms. The standard InChI is InChI=1S/C10H21N3O2S/c1-2-5-10(11)8-13(9-10)16(14,15)12-6-3-4-7-12/h2-9,11H2,1H3. The van der Waals surface area contributed by atoms with Crippen molar-refractivity contribution in [3.8, 4) is 0 Å². The summed E-state index contributed by atoms with van der Waals surface area (Å²) in [7, 11) is -3.20. The molecule has 16 heavy (non-hydrogen) atoms. The largest absolute Gasteiger partial charge is 0.323 e. The van der Waals surface area contributed by atoms with Crippen LogP contribution >= 0.6 is 0 Å². The monoisotopic (exact) mass is 247 g/mol. The van der Waals surface area contributed by atoms with Crippen LogP contribution in [0.4, 0.5) is 0 Å². The molecule has 2 aliphatic heterocycles. The Morgan fingerprint density at radius 2 is 1.75 bits per heavy atom. The lowest BCUT2D eigenvalue weighted by atomic mass is 9.89.